The Hall–Kier alpha value is -0.420. The van der Waals surface area contributed by atoms with Gasteiger partial charge in [-0.3, -0.25) is 0 Å². The van der Waals surface area contributed by atoms with Crippen LogP contribution in [0.5, 0.6) is 0 Å². The van der Waals surface area contributed by atoms with Gasteiger partial charge in [0.25, 0.3) is 21.1 Å². The largest absolute Gasteiger partial charge is 0.600 e. The van der Waals surface area contributed by atoms with Gasteiger partial charge in [0.05, 0.1) is 10.5 Å². The highest BCUT2D eigenvalue weighted by atomic mass is 127. The molecule has 106 valence electrons. The van der Waals surface area contributed by atoms with E-state index in [1.54, 1.807) is 37.3 Å². The molecule has 1 unspecified atom stereocenters. The number of halogens is 4. The topological polar surface area (TPSA) is 69.2 Å². The van der Waals surface area contributed by atoms with Crippen LogP contribution in [-0.2, 0) is 11.9 Å². The summed E-state index contributed by atoms with van der Waals surface area (Å²) >= 11 is -4.01. The van der Waals surface area contributed by atoms with Gasteiger partial charge < -0.3 is 10.3 Å². The lowest BCUT2D eigenvalue weighted by molar-refractivity contribution is -1.73. The number of thiophene rings is 1. The molecule has 0 N–H and O–H groups in total. The van der Waals surface area contributed by atoms with E-state index in [2.05, 4.69) is 0 Å². The summed E-state index contributed by atoms with van der Waals surface area (Å²) in [5.74, 6) is 0. The summed E-state index contributed by atoms with van der Waals surface area (Å²) < 4.78 is 64.7. The number of rotatable bonds is 1. The van der Waals surface area contributed by atoms with Gasteiger partial charge in [-0.25, -0.2) is 0 Å². The summed E-state index contributed by atoms with van der Waals surface area (Å²) in [6.45, 7) is 1.77. The summed E-state index contributed by atoms with van der Waals surface area (Å²) in [5, 5.41) is 0.718. The van der Waals surface area contributed by atoms with Crippen LogP contribution in [0.1, 0.15) is 11.8 Å². The maximum atomic E-state index is 12.8. The molecular formula is C11H10F3IO3S. The number of fused-ring (bicyclic) bond motifs is 1. The van der Waals surface area contributed by atoms with Crippen molar-refractivity contribution >= 4 is 20.6 Å². The molecule has 1 atom stereocenters. The zero-order valence-corrected chi connectivity index (χ0v) is 12.7. The Morgan fingerprint density at radius 2 is 1.68 bits per heavy atom. The lowest BCUT2D eigenvalue weighted by Gasteiger charge is -1.97. The first kappa shape index (κ1) is 16.6. The van der Waals surface area contributed by atoms with Gasteiger partial charge in [0, 0.05) is 17.9 Å². The number of aryl methyl sites for hydroxylation is 1. The van der Waals surface area contributed by atoms with Gasteiger partial charge in [-0.1, -0.05) is 19.1 Å². The van der Waals surface area contributed by atoms with Gasteiger partial charge in [0.2, 0.25) is 0 Å². The van der Waals surface area contributed by atoms with Crippen LogP contribution < -0.4 is 31.4 Å². The minimum atomic E-state index is -4.14. The van der Waals surface area contributed by atoms with Crippen molar-refractivity contribution in [2.45, 2.75) is 18.9 Å². The molecule has 1 heterocycles. The van der Waals surface area contributed by atoms with Crippen LogP contribution >= 0.6 is 10.5 Å². The highest BCUT2D eigenvalue weighted by Gasteiger charge is 2.47. The molecule has 0 aliphatic heterocycles. The first-order chi connectivity index (χ1) is 8.77. The van der Waals surface area contributed by atoms with Crippen molar-refractivity contribution in [3.63, 3.8) is 0 Å². The summed E-state index contributed by atoms with van der Waals surface area (Å²) in [6.07, 6.45) is 0.456. The fraction of sp³-hybridized carbons (Fsp3) is 0.273. The molecule has 1 aromatic heterocycles. The molecule has 0 aliphatic carbocycles. The molecular weight excluding hydrogens is 396 g/mol. The van der Waals surface area contributed by atoms with Gasteiger partial charge in [-0.2, -0.15) is 0 Å². The van der Waals surface area contributed by atoms with E-state index in [0.29, 0.717) is 16.0 Å². The van der Waals surface area contributed by atoms with Gasteiger partial charge in [0.1, 0.15) is 0 Å². The molecule has 0 spiro atoms. The highest BCUT2D eigenvalue weighted by Crippen LogP contribution is 2.50. The van der Waals surface area contributed by atoms with Gasteiger partial charge in [-0.15, -0.1) is 13.2 Å². The van der Waals surface area contributed by atoms with E-state index in [0.717, 1.165) is 5.39 Å². The molecule has 2 aromatic rings. The molecule has 0 saturated carbocycles. The van der Waals surface area contributed by atoms with E-state index in [1.807, 2.05) is 0 Å². The van der Waals surface area contributed by atoms with Gasteiger partial charge in [0.15, 0.2) is 9.58 Å². The molecule has 8 heteroatoms. The Morgan fingerprint density at radius 1 is 1.16 bits per heavy atom. The van der Waals surface area contributed by atoms with Crippen LogP contribution in [-0.4, -0.2) is 0 Å². The maximum absolute atomic E-state index is 12.8. The Balaban J connectivity index is 0.000000399. The quantitative estimate of drug-likeness (QED) is 0.409. The highest BCUT2D eigenvalue weighted by molar-refractivity contribution is 7.38. The van der Waals surface area contributed by atoms with Crippen LogP contribution in [0.4, 0.5) is 13.2 Å². The molecule has 0 radical (unpaired) electrons. The van der Waals surface area contributed by atoms with Gasteiger partial charge in [-0.05, 0) is 12.1 Å². The van der Waals surface area contributed by atoms with Crippen molar-refractivity contribution in [1.29, 1.82) is 0 Å². The van der Waals surface area contributed by atoms with E-state index in [4.69, 9.17) is 10.3 Å². The van der Waals surface area contributed by atoms with Crippen LogP contribution in [0.25, 0.3) is 10.1 Å². The minimum Gasteiger partial charge on any atom is -0.427 e. The predicted octanol–water partition coefficient (Wildman–Crippen LogP) is -1.94. The normalized spacial score (nSPS) is 12.5. The van der Waals surface area contributed by atoms with Crippen LogP contribution in [0.2, 0.25) is 0 Å². The van der Waals surface area contributed by atoms with Crippen molar-refractivity contribution in [3.8, 4) is 0 Å². The third kappa shape index (κ3) is 4.56. The molecule has 2 rings (SSSR count). The fourth-order valence-corrected chi connectivity index (χ4v) is 3.62. The van der Waals surface area contributed by atoms with E-state index in [-0.39, 0.29) is 0 Å². The minimum absolute atomic E-state index is 0.418. The second kappa shape index (κ2) is 6.84. The molecule has 0 fully saturated rings. The van der Waals surface area contributed by atoms with Crippen LogP contribution in [0.15, 0.2) is 30.3 Å². The molecule has 0 aliphatic rings. The van der Waals surface area contributed by atoms with Crippen molar-refractivity contribution in [2.75, 3.05) is 0 Å². The van der Waals surface area contributed by atoms with Gasteiger partial charge >= 0.3 is 5.51 Å². The van der Waals surface area contributed by atoms with Crippen LogP contribution in [0, 0.1) is 0 Å². The summed E-state index contributed by atoms with van der Waals surface area (Å²) in [6, 6.07) is 8.42. The van der Waals surface area contributed by atoms with E-state index < -0.39 is 37.0 Å². The number of hydrogen-bond acceptors (Lipinski definition) is 3. The third-order valence-corrected chi connectivity index (χ3v) is 4.50. The number of hydrogen-bond donors (Lipinski definition) is 0. The Morgan fingerprint density at radius 3 is 2.16 bits per heavy atom. The lowest BCUT2D eigenvalue weighted by atomic mass is 10.2. The predicted molar refractivity (Wildman–Crippen MR) is 57.1 cm³/mol. The van der Waals surface area contributed by atoms with Crippen molar-refractivity contribution in [1.82, 2.24) is 0 Å². The zero-order chi connectivity index (χ0) is 14.6. The van der Waals surface area contributed by atoms with Crippen molar-refractivity contribution < 1.29 is 44.5 Å². The SMILES string of the molecule is CCc1cc2ccccc2[s+]1C(F)(F)F.[O-][I+2]([O-])[O-]. The summed E-state index contributed by atoms with van der Waals surface area (Å²) in [4.78, 5) is 0.490. The fourth-order valence-electron chi connectivity index (χ4n) is 1.68. The average Bonchev–Trinajstić information content (AvgIpc) is 2.65. The average molecular weight is 406 g/mol. The zero-order valence-electron chi connectivity index (χ0n) is 9.74. The standard InChI is InChI=1S/C11H10F3S.IO3/c1-2-9-7-8-5-3-4-6-10(8)15(9)11(12,13)14;2-1(3)4/h3-7H,2H2,1H3;/q+1;-1. The van der Waals surface area contributed by atoms with Crippen LogP contribution in [0.3, 0.4) is 0 Å². The van der Waals surface area contributed by atoms with E-state index in [9.17, 15) is 13.2 Å². The Bertz CT molecular complexity index is 537. The molecule has 3 nitrogen and oxygen atoms in total. The molecule has 0 bridgehead atoms. The number of alkyl halides is 3. The summed E-state index contributed by atoms with van der Waals surface area (Å²) in [5.41, 5.74) is -4.14. The molecule has 19 heavy (non-hydrogen) atoms. The van der Waals surface area contributed by atoms with E-state index in [1.165, 1.54) is 0 Å². The van der Waals surface area contributed by atoms with Crippen molar-refractivity contribution in [3.05, 3.63) is 35.2 Å². The number of benzene rings is 1. The van der Waals surface area contributed by atoms with Crippen molar-refractivity contribution in [2.24, 2.45) is 0 Å². The first-order valence-corrected chi connectivity index (χ1v) is 8.97. The third-order valence-electron chi connectivity index (χ3n) is 2.30. The Labute approximate surface area is 119 Å². The molecule has 0 saturated heterocycles. The maximum Gasteiger partial charge on any atom is 0.600 e. The Kier molecular flexibility index (Phi) is 5.99. The monoisotopic (exact) mass is 406 g/mol. The smallest absolute Gasteiger partial charge is 0.427 e. The molecule has 0 amide bonds. The second-order valence-corrected chi connectivity index (χ2v) is 6.56. The lowest BCUT2D eigenvalue weighted by Crippen LogP contribution is -4.05. The summed E-state index contributed by atoms with van der Waals surface area (Å²) in [7, 11) is -1.70. The second-order valence-electron chi connectivity index (χ2n) is 3.44. The first-order valence-electron chi connectivity index (χ1n) is 5.11. The van der Waals surface area contributed by atoms with E-state index >= 15 is 0 Å². The molecule has 1 aromatic carbocycles.